The van der Waals surface area contributed by atoms with E-state index in [4.69, 9.17) is 0 Å². The van der Waals surface area contributed by atoms with Crippen molar-refractivity contribution in [1.82, 2.24) is 19.9 Å². The van der Waals surface area contributed by atoms with Crippen LogP contribution in [0.2, 0.25) is 0 Å². The molecule has 2 aromatic heterocycles. The van der Waals surface area contributed by atoms with E-state index in [-0.39, 0.29) is 5.91 Å². The molecule has 1 aliphatic heterocycles. The summed E-state index contributed by atoms with van der Waals surface area (Å²) in [4.78, 5) is 29.6. The first kappa shape index (κ1) is 16.2. The Labute approximate surface area is 141 Å². The zero-order valence-electron chi connectivity index (χ0n) is 14.1. The lowest BCUT2D eigenvalue weighted by Crippen LogP contribution is -2.35. The summed E-state index contributed by atoms with van der Waals surface area (Å²) < 4.78 is 0. The minimum absolute atomic E-state index is 0.0398. The first-order chi connectivity index (χ1) is 11.7. The number of nitrogens with one attached hydrogen (secondary N) is 1. The molecule has 1 amide bonds. The highest BCUT2D eigenvalue weighted by molar-refractivity contribution is 5.94. The number of aryl methyl sites for hydroxylation is 1. The third-order valence-electron chi connectivity index (χ3n) is 4.09. The molecule has 1 fully saturated rings. The fourth-order valence-corrected chi connectivity index (χ4v) is 2.82. The summed E-state index contributed by atoms with van der Waals surface area (Å²) in [6.07, 6.45) is 6.03. The maximum Gasteiger partial charge on any atom is 0.255 e. The number of hydrogen-bond donors (Lipinski definition) is 1. The maximum absolute atomic E-state index is 12.7. The van der Waals surface area contributed by atoms with Crippen LogP contribution in [0.15, 0.2) is 30.7 Å². The van der Waals surface area contributed by atoms with Crippen molar-refractivity contribution in [3.8, 4) is 0 Å². The molecule has 1 aliphatic rings. The highest BCUT2D eigenvalue weighted by atomic mass is 16.2. The minimum atomic E-state index is 0.0398. The molecule has 0 aromatic carbocycles. The first-order valence-electron chi connectivity index (χ1n) is 8.14. The number of pyridine rings is 1. The topological polar surface area (TPSA) is 74.2 Å². The van der Waals surface area contributed by atoms with Crippen molar-refractivity contribution in [3.63, 3.8) is 0 Å². The van der Waals surface area contributed by atoms with Crippen LogP contribution in [-0.2, 0) is 0 Å². The number of rotatable bonds is 3. The van der Waals surface area contributed by atoms with Gasteiger partial charge in [0.1, 0.15) is 5.82 Å². The standard InChI is InChI=1S/C17H22N6O/c1-13-10-14(12-19-11-13)16(24)22-6-3-7-23(9-8-22)17-20-5-4-15(18-2)21-17/h4-5,10-12H,3,6-9H2,1-2H3,(H,18,20,21). The van der Waals surface area contributed by atoms with Crippen LogP contribution >= 0.6 is 0 Å². The molecular weight excluding hydrogens is 304 g/mol. The van der Waals surface area contributed by atoms with Gasteiger partial charge in [-0.1, -0.05) is 0 Å². The van der Waals surface area contributed by atoms with Gasteiger partial charge in [0, 0.05) is 51.8 Å². The summed E-state index contributed by atoms with van der Waals surface area (Å²) in [7, 11) is 1.84. The predicted octanol–water partition coefficient (Wildman–Crippen LogP) is 1.57. The monoisotopic (exact) mass is 326 g/mol. The van der Waals surface area contributed by atoms with E-state index in [1.165, 1.54) is 0 Å². The van der Waals surface area contributed by atoms with Crippen LogP contribution in [-0.4, -0.2) is 59.0 Å². The molecule has 0 radical (unpaired) electrons. The highest BCUT2D eigenvalue weighted by Crippen LogP contribution is 2.15. The molecule has 0 atom stereocenters. The second-order valence-electron chi connectivity index (χ2n) is 5.88. The van der Waals surface area contributed by atoms with E-state index in [1.54, 1.807) is 18.6 Å². The summed E-state index contributed by atoms with van der Waals surface area (Å²) in [6.45, 7) is 4.89. The van der Waals surface area contributed by atoms with Crippen LogP contribution in [0.5, 0.6) is 0 Å². The van der Waals surface area contributed by atoms with Crippen LogP contribution in [0.4, 0.5) is 11.8 Å². The second-order valence-corrected chi connectivity index (χ2v) is 5.88. The summed E-state index contributed by atoms with van der Waals surface area (Å²) in [5, 5.41) is 3.03. The Morgan fingerprint density at radius 1 is 1.21 bits per heavy atom. The van der Waals surface area contributed by atoms with E-state index in [9.17, 15) is 4.79 Å². The summed E-state index contributed by atoms with van der Waals surface area (Å²) >= 11 is 0. The molecule has 1 saturated heterocycles. The number of carbonyl (C=O) groups is 1. The summed E-state index contributed by atoms with van der Waals surface area (Å²) in [5.41, 5.74) is 1.64. The lowest BCUT2D eigenvalue weighted by atomic mass is 10.2. The molecule has 7 heteroatoms. The van der Waals surface area contributed by atoms with Gasteiger partial charge in [0.15, 0.2) is 0 Å². The SMILES string of the molecule is CNc1ccnc(N2CCCN(C(=O)c3cncc(C)c3)CC2)n1. The molecule has 0 unspecified atom stereocenters. The van der Waals surface area contributed by atoms with Crippen LogP contribution in [0.1, 0.15) is 22.3 Å². The highest BCUT2D eigenvalue weighted by Gasteiger charge is 2.21. The van der Waals surface area contributed by atoms with Crippen molar-refractivity contribution in [2.24, 2.45) is 0 Å². The van der Waals surface area contributed by atoms with Gasteiger partial charge < -0.3 is 15.1 Å². The average Bonchev–Trinajstić information content (AvgIpc) is 2.87. The van der Waals surface area contributed by atoms with Gasteiger partial charge in [0.2, 0.25) is 5.95 Å². The smallest absolute Gasteiger partial charge is 0.255 e. The van der Waals surface area contributed by atoms with E-state index in [1.807, 2.05) is 31.0 Å². The van der Waals surface area contributed by atoms with E-state index in [2.05, 4.69) is 25.2 Å². The van der Waals surface area contributed by atoms with Crippen LogP contribution in [0.25, 0.3) is 0 Å². The molecule has 24 heavy (non-hydrogen) atoms. The zero-order chi connectivity index (χ0) is 16.9. The Morgan fingerprint density at radius 2 is 2.08 bits per heavy atom. The van der Waals surface area contributed by atoms with E-state index in [0.717, 1.165) is 37.4 Å². The van der Waals surface area contributed by atoms with Crippen molar-refractivity contribution >= 4 is 17.7 Å². The van der Waals surface area contributed by atoms with Crippen LogP contribution in [0, 0.1) is 6.92 Å². The van der Waals surface area contributed by atoms with E-state index >= 15 is 0 Å². The third kappa shape index (κ3) is 3.61. The normalized spacial score (nSPS) is 15.1. The van der Waals surface area contributed by atoms with Crippen LogP contribution < -0.4 is 10.2 Å². The van der Waals surface area contributed by atoms with Crippen molar-refractivity contribution in [1.29, 1.82) is 0 Å². The quantitative estimate of drug-likeness (QED) is 0.923. The molecule has 7 nitrogen and oxygen atoms in total. The van der Waals surface area contributed by atoms with Gasteiger partial charge in [-0.2, -0.15) is 4.98 Å². The lowest BCUT2D eigenvalue weighted by molar-refractivity contribution is 0.0766. The average molecular weight is 326 g/mol. The Morgan fingerprint density at radius 3 is 2.88 bits per heavy atom. The lowest BCUT2D eigenvalue weighted by Gasteiger charge is -2.22. The van der Waals surface area contributed by atoms with Crippen LogP contribution in [0.3, 0.4) is 0 Å². The Balaban J connectivity index is 1.69. The van der Waals surface area contributed by atoms with Gasteiger partial charge in [-0.3, -0.25) is 9.78 Å². The molecule has 3 heterocycles. The molecule has 126 valence electrons. The molecule has 0 spiro atoms. The summed E-state index contributed by atoms with van der Waals surface area (Å²) in [5.74, 6) is 1.54. The van der Waals surface area contributed by atoms with E-state index < -0.39 is 0 Å². The van der Waals surface area contributed by atoms with Gasteiger partial charge in [0.25, 0.3) is 5.91 Å². The maximum atomic E-state index is 12.7. The van der Waals surface area contributed by atoms with Gasteiger partial charge in [-0.25, -0.2) is 4.98 Å². The third-order valence-corrected chi connectivity index (χ3v) is 4.09. The Bertz CT molecular complexity index is 720. The number of nitrogens with zero attached hydrogens (tertiary/aromatic N) is 5. The van der Waals surface area contributed by atoms with Gasteiger partial charge in [-0.05, 0) is 31.0 Å². The number of amides is 1. The van der Waals surface area contributed by atoms with Gasteiger partial charge >= 0.3 is 0 Å². The first-order valence-corrected chi connectivity index (χ1v) is 8.14. The Hall–Kier alpha value is -2.70. The van der Waals surface area contributed by atoms with Crippen molar-refractivity contribution in [2.75, 3.05) is 43.4 Å². The predicted molar refractivity (Wildman–Crippen MR) is 93.3 cm³/mol. The second kappa shape index (κ2) is 7.25. The molecule has 3 rings (SSSR count). The number of aromatic nitrogens is 3. The van der Waals surface area contributed by atoms with Crippen molar-refractivity contribution < 1.29 is 4.79 Å². The fourth-order valence-electron chi connectivity index (χ4n) is 2.82. The zero-order valence-corrected chi connectivity index (χ0v) is 14.1. The molecule has 0 aliphatic carbocycles. The number of anilines is 2. The largest absolute Gasteiger partial charge is 0.373 e. The van der Waals surface area contributed by atoms with E-state index in [0.29, 0.717) is 18.1 Å². The van der Waals surface area contributed by atoms with Crippen molar-refractivity contribution in [3.05, 3.63) is 41.9 Å². The van der Waals surface area contributed by atoms with Gasteiger partial charge in [0.05, 0.1) is 5.56 Å². The number of carbonyl (C=O) groups excluding carboxylic acids is 1. The van der Waals surface area contributed by atoms with Gasteiger partial charge in [-0.15, -0.1) is 0 Å². The Kier molecular flexibility index (Phi) is 4.88. The molecule has 2 aromatic rings. The number of hydrogen-bond acceptors (Lipinski definition) is 6. The molecule has 0 bridgehead atoms. The van der Waals surface area contributed by atoms with Crippen molar-refractivity contribution in [2.45, 2.75) is 13.3 Å². The minimum Gasteiger partial charge on any atom is -0.373 e. The summed E-state index contributed by atoms with van der Waals surface area (Å²) in [6, 6.07) is 3.72. The molecule has 1 N–H and O–H groups in total. The fraction of sp³-hybridized carbons (Fsp3) is 0.412. The molecule has 0 saturated carbocycles. The molecular formula is C17H22N6O.